The zero-order valence-corrected chi connectivity index (χ0v) is 8.55. The van der Waals surface area contributed by atoms with Crippen LogP contribution >= 0.6 is 0 Å². The van der Waals surface area contributed by atoms with E-state index in [4.69, 9.17) is 5.73 Å². The summed E-state index contributed by atoms with van der Waals surface area (Å²) in [6.45, 7) is 1.62. The van der Waals surface area contributed by atoms with E-state index >= 15 is 0 Å². The highest BCUT2D eigenvalue weighted by Gasteiger charge is 2.39. The number of phenols is 2. The molecule has 15 heavy (non-hydrogen) atoms. The van der Waals surface area contributed by atoms with Crippen molar-refractivity contribution in [2.45, 2.75) is 31.7 Å². The van der Waals surface area contributed by atoms with E-state index in [9.17, 15) is 14.6 Å². The van der Waals surface area contributed by atoms with Crippen LogP contribution in [0.5, 0.6) is 11.5 Å². The lowest BCUT2D eigenvalue weighted by molar-refractivity contribution is 0.373. The van der Waals surface area contributed by atoms with Gasteiger partial charge in [0.1, 0.15) is 0 Å². The molecule has 2 rings (SSSR count). The van der Waals surface area contributed by atoms with Crippen LogP contribution in [0.3, 0.4) is 0 Å². The molecule has 0 aliphatic heterocycles. The second kappa shape index (κ2) is 3.10. The fraction of sp³-hybridized carbons (Fsp3) is 0.455. The fourth-order valence-electron chi connectivity index (χ4n) is 1.68. The summed E-state index contributed by atoms with van der Waals surface area (Å²) in [5.41, 5.74) is 6.41. The van der Waals surface area contributed by atoms with Crippen molar-refractivity contribution in [1.82, 2.24) is 0 Å². The Morgan fingerprint density at radius 2 is 2.00 bits per heavy atom. The van der Waals surface area contributed by atoms with Crippen LogP contribution in [0.15, 0.2) is 6.07 Å². The predicted octanol–water partition coefficient (Wildman–Crippen LogP) is 1.58. The smallest absolute Gasteiger partial charge is 0.194 e. The van der Waals surface area contributed by atoms with Crippen LogP contribution in [0.2, 0.25) is 0 Å². The van der Waals surface area contributed by atoms with Crippen molar-refractivity contribution in [3.63, 3.8) is 0 Å². The van der Waals surface area contributed by atoms with Gasteiger partial charge in [-0.2, -0.15) is 0 Å². The molecule has 1 aromatic carbocycles. The summed E-state index contributed by atoms with van der Waals surface area (Å²) >= 11 is 0. The second-order valence-electron chi connectivity index (χ2n) is 4.40. The minimum Gasteiger partial charge on any atom is -0.504 e. The molecule has 0 spiro atoms. The second-order valence-corrected chi connectivity index (χ2v) is 4.40. The molecule has 4 N–H and O–H groups in total. The van der Waals surface area contributed by atoms with Gasteiger partial charge in [-0.1, -0.05) is 0 Å². The summed E-state index contributed by atoms with van der Waals surface area (Å²) in [4.78, 5) is 0. The first-order chi connectivity index (χ1) is 6.93. The molecular weight excluding hydrogens is 197 g/mol. The highest BCUT2D eigenvalue weighted by Crippen LogP contribution is 2.40. The number of aromatic hydroxyl groups is 2. The van der Waals surface area contributed by atoms with Gasteiger partial charge in [-0.15, -0.1) is 0 Å². The topological polar surface area (TPSA) is 66.5 Å². The van der Waals surface area contributed by atoms with Crippen LogP contribution in [-0.2, 0) is 6.42 Å². The van der Waals surface area contributed by atoms with Gasteiger partial charge in [0, 0.05) is 5.54 Å². The molecule has 1 aliphatic rings. The van der Waals surface area contributed by atoms with Crippen LogP contribution in [0, 0.1) is 12.7 Å². The maximum Gasteiger partial charge on any atom is 0.194 e. The highest BCUT2D eigenvalue weighted by atomic mass is 19.1. The Bertz CT molecular complexity index is 414. The predicted molar refractivity (Wildman–Crippen MR) is 54.3 cm³/mol. The zero-order valence-electron chi connectivity index (χ0n) is 8.55. The highest BCUT2D eigenvalue weighted by molar-refractivity contribution is 5.48. The van der Waals surface area contributed by atoms with Crippen LogP contribution in [0.25, 0.3) is 0 Å². The molecule has 82 valence electrons. The summed E-state index contributed by atoms with van der Waals surface area (Å²) in [6.07, 6.45) is 2.17. The Morgan fingerprint density at radius 1 is 1.40 bits per heavy atom. The Kier molecular flexibility index (Phi) is 2.12. The van der Waals surface area contributed by atoms with Crippen molar-refractivity contribution in [2.24, 2.45) is 5.73 Å². The van der Waals surface area contributed by atoms with E-state index in [-0.39, 0.29) is 5.54 Å². The SMILES string of the molecule is Cc1cc(CC2(N)CC2)c(F)c(O)c1O. The summed E-state index contributed by atoms with van der Waals surface area (Å²) in [6, 6.07) is 1.54. The molecular formula is C11H14FNO2. The van der Waals surface area contributed by atoms with Gasteiger partial charge in [-0.05, 0) is 43.4 Å². The molecule has 0 saturated heterocycles. The third-order valence-electron chi connectivity index (χ3n) is 2.91. The normalized spacial score (nSPS) is 17.8. The lowest BCUT2D eigenvalue weighted by Crippen LogP contribution is -2.25. The van der Waals surface area contributed by atoms with Gasteiger partial charge in [0.25, 0.3) is 0 Å². The number of aryl methyl sites for hydroxylation is 1. The van der Waals surface area contributed by atoms with E-state index in [1.165, 1.54) is 6.07 Å². The fourth-order valence-corrected chi connectivity index (χ4v) is 1.68. The largest absolute Gasteiger partial charge is 0.504 e. The minimum absolute atomic E-state index is 0.309. The van der Waals surface area contributed by atoms with E-state index in [1.807, 2.05) is 0 Å². The minimum atomic E-state index is -0.755. The van der Waals surface area contributed by atoms with Gasteiger partial charge in [0.15, 0.2) is 17.3 Å². The van der Waals surface area contributed by atoms with E-state index in [0.29, 0.717) is 17.5 Å². The van der Waals surface area contributed by atoms with E-state index in [2.05, 4.69) is 0 Å². The monoisotopic (exact) mass is 211 g/mol. The van der Waals surface area contributed by atoms with Crippen molar-refractivity contribution in [2.75, 3.05) is 0 Å². The van der Waals surface area contributed by atoms with Gasteiger partial charge in [-0.3, -0.25) is 0 Å². The van der Waals surface area contributed by atoms with Crippen LogP contribution in [0.1, 0.15) is 24.0 Å². The third kappa shape index (κ3) is 1.77. The first-order valence-electron chi connectivity index (χ1n) is 4.92. The van der Waals surface area contributed by atoms with E-state index in [0.717, 1.165) is 12.8 Å². The Morgan fingerprint density at radius 3 is 2.53 bits per heavy atom. The van der Waals surface area contributed by atoms with Gasteiger partial charge < -0.3 is 15.9 Å². The Balaban J connectivity index is 2.39. The molecule has 1 aliphatic carbocycles. The molecule has 0 bridgehead atoms. The number of nitrogens with two attached hydrogens (primary N) is 1. The standard InChI is InChI=1S/C11H14FNO2/c1-6-4-7(5-11(13)2-3-11)8(12)10(15)9(6)14/h4,14-15H,2-3,5,13H2,1H3. The average Bonchev–Trinajstić information content (AvgIpc) is 2.89. The van der Waals surface area contributed by atoms with Gasteiger partial charge in [0.2, 0.25) is 0 Å². The summed E-state index contributed by atoms with van der Waals surface area (Å²) < 4.78 is 13.5. The molecule has 1 aromatic rings. The van der Waals surface area contributed by atoms with Gasteiger partial charge in [-0.25, -0.2) is 4.39 Å². The molecule has 0 aromatic heterocycles. The molecule has 0 amide bonds. The number of halogens is 1. The third-order valence-corrected chi connectivity index (χ3v) is 2.91. The molecule has 0 heterocycles. The number of rotatable bonds is 2. The maximum atomic E-state index is 13.5. The van der Waals surface area contributed by atoms with Crippen molar-refractivity contribution in [1.29, 1.82) is 0 Å². The molecule has 0 unspecified atom stereocenters. The first kappa shape index (κ1) is 10.2. The van der Waals surface area contributed by atoms with Gasteiger partial charge >= 0.3 is 0 Å². The van der Waals surface area contributed by atoms with Crippen molar-refractivity contribution in [3.8, 4) is 11.5 Å². The molecule has 1 saturated carbocycles. The van der Waals surface area contributed by atoms with Crippen LogP contribution < -0.4 is 5.73 Å². The molecule has 4 heteroatoms. The van der Waals surface area contributed by atoms with Crippen molar-refractivity contribution >= 4 is 0 Å². The number of hydrogen-bond acceptors (Lipinski definition) is 3. The number of hydrogen-bond donors (Lipinski definition) is 3. The molecule has 0 radical (unpaired) electrons. The lowest BCUT2D eigenvalue weighted by Gasteiger charge is -2.12. The number of benzene rings is 1. The summed E-state index contributed by atoms with van der Waals surface area (Å²) in [5, 5.41) is 18.6. The lowest BCUT2D eigenvalue weighted by atomic mass is 10.0. The van der Waals surface area contributed by atoms with E-state index < -0.39 is 17.3 Å². The van der Waals surface area contributed by atoms with Crippen LogP contribution in [0.4, 0.5) is 4.39 Å². The van der Waals surface area contributed by atoms with E-state index in [1.54, 1.807) is 6.92 Å². The van der Waals surface area contributed by atoms with Gasteiger partial charge in [0.05, 0.1) is 0 Å². The van der Waals surface area contributed by atoms with Crippen molar-refractivity contribution < 1.29 is 14.6 Å². The molecule has 0 atom stereocenters. The quantitative estimate of drug-likeness (QED) is 0.650. The first-order valence-corrected chi connectivity index (χ1v) is 4.92. The average molecular weight is 211 g/mol. The number of phenolic OH excluding ortho intramolecular Hbond substituents is 2. The molecule has 1 fully saturated rings. The van der Waals surface area contributed by atoms with Crippen molar-refractivity contribution in [3.05, 3.63) is 23.0 Å². The Labute approximate surface area is 87.3 Å². The molecule has 3 nitrogen and oxygen atoms in total. The van der Waals surface area contributed by atoms with Crippen LogP contribution in [-0.4, -0.2) is 15.8 Å². The summed E-state index contributed by atoms with van der Waals surface area (Å²) in [5.74, 6) is -1.82. The summed E-state index contributed by atoms with van der Waals surface area (Å²) in [7, 11) is 0. The maximum absolute atomic E-state index is 13.5. The zero-order chi connectivity index (χ0) is 11.2. The Hall–Kier alpha value is -1.29.